The highest BCUT2D eigenvalue weighted by Crippen LogP contribution is 2.15. The van der Waals surface area contributed by atoms with Crippen molar-refractivity contribution < 1.29 is 17.9 Å². The number of sulfonamides is 1. The summed E-state index contributed by atoms with van der Waals surface area (Å²) in [5.74, 6) is 0.504. The number of nitrogens with one attached hydrogen (secondary N) is 2. The van der Waals surface area contributed by atoms with Crippen molar-refractivity contribution in [2.24, 2.45) is 0 Å². The number of ether oxygens (including phenoxy) is 1. The molecule has 2 aromatic carbocycles. The van der Waals surface area contributed by atoms with Gasteiger partial charge in [0.25, 0.3) is 5.91 Å². The van der Waals surface area contributed by atoms with Crippen LogP contribution < -0.4 is 14.8 Å². The zero-order valence-electron chi connectivity index (χ0n) is 14.4. The first-order valence-electron chi connectivity index (χ1n) is 7.84. The Hall–Kier alpha value is -2.54. The number of benzene rings is 2. The fourth-order valence-corrected chi connectivity index (χ4v) is 2.74. The molecular formula is C18H22N2O4S. The van der Waals surface area contributed by atoms with Gasteiger partial charge in [0, 0.05) is 17.8 Å². The highest BCUT2D eigenvalue weighted by Gasteiger charge is 2.08. The minimum atomic E-state index is -3.38. The lowest BCUT2D eigenvalue weighted by Crippen LogP contribution is -2.23. The average molecular weight is 362 g/mol. The summed E-state index contributed by atoms with van der Waals surface area (Å²) in [6.45, 7) is 4.28. The summed E-state index contributed by atoms with van der Waals surface area (Å²) in [6.07, 6.45) is 1.17. The number of anilines is 1. The van der Waals surface area contributed by atoms with Crippen molar-refractivity contribution >= 4 is 21.6 Å². The smallest absolute Gasteiger partial charge is 0.251 e. The van der Waals surface area contributed by atoms with Crippen LogP contribution in [0.1, 0.15) is 29.8 Å². The molecule has 7 heteroatoms. The normalized spacial score (nSPS) is 11.2. The molecule has 0 aliphatic heterocycles. The van der Waals surface area contributed by atoms with Gasteiger partial charge < -0.3 is 10.1 Å². The van der Waals surface area contributed by atoms with Gasteiger partial charge in [-0.1, -0.05) is 18.2 Å². The molecule has 2 aromatic rings. The third-order valence-electron chi connectivity index (χ3n) is 3.18. The lowest BCUT2D eigenvalue weighted by atomic mass is 10.1. The van der Waals surface area contributed by atoms with E-state index in [1.165, 1.54) is 6.07 Å². The molecular weight excluding hydrogens is 340 g/mol. The molecule has 0 aliphatic carbocycles. The van der Waals surface area contributed by atoms with E-state index < -0.39 is 10.0 Å². The molecule has 0 fully saturated rings. The van der Waals surface area contributed by atoms with E-state index in [9.17, 15) is 13.2 Å². The zero-order valence-corrected chi connectivity index (χ0v) is 15.3. The van der Waals surface area contributed by atoms with Gasteiger partial charge >= 0.3 is 0 Å². The van der Waals surface area contributed by atoms with Crippen molar-refractivity contribution in [3.63, 3.8) is 0 Å². The summed E-state index contributed by atoms with van der Waals surface area (Å²) in [7, 11) is -3.38. The van der Waals surface area contributed by atoms with Gasteiger partial charge in [0.2, 0.25) is 10.0 Å². The van der Waals surface area contributed by atoms with Crippen LogP contribution in [0.5, 0.6) is 5.75 Å². The molecule has 0 saturated carbocycles. The van der Waals surface area contributed by atoms with Crippen LogP contribution in [-0.2, 0) is 16.6 Å². The highest BCUT2D eigenvalue weighted by molar-refractivity contribution is 7.92. The minimum absolute atomic E-state index is 0.110. The Bertz CT molecular complexity index is 830. The van der Waals surface area contributed by atoms with E-state index in [0.717, 1.165) is 17.6 Å². The van der Waals surface area contributed by atoms with Crippen LogP contribution in [-0.4, -0.2) is 26.7 Å². The van der Waals surface area contributed by atoms with Gasteiger partial charge in [0.1, 0.15) is 5.75 Å². The van der Waals surface area contributed by atoms with E-state index in [4.69, 9.17) is 4.74 Å². The summed E-state index contributed by atoms with van der Waals surface area (Å²) in [6, 6.07) is 13.8. The predicted molar refractivity (Wildman–Crippen MR) is 98.3 cm³/mol. The second kappa shape index (κ2) is 8.02. The van der Waals surface area contributed by atoms with E-state index in [-0.39, 0.29) is 12.0 Å². The maximum atomic E-state index is 12.2. The van der Waals surface area contributed by atoms with Crippen LogP contribution in [0.3, 0.4) is 0 Å². The summed E-state index contributed by atoms with van der Waals surface area (Å²) >= 11 is 0. The van der Waals surface area contributed by atoms with Gasteiger partial charge in [-0.25, -0.2) is 8.42 Å². The van der Waals surface area contributed by atoms with Crippen LogP contribution in [0.2, 0.25) is 0 Å². The lowest BCUT2D eigenvalue weighted by molar-refractivity contribution is 0.0951. The molecule has 1 amide bonds. The van der Waals surface area contributed by atoms with E-state index in [1.54, 1.807) is 18.2 Å². The van der Waals surface area contributed by atoms with Gasteiger partial charge in [0.05, 0.1) is 12.4 Å². The Morgan fingerprint density at radius 3 is 2.40 bits per heavy atom. The van der Waals surface area contributed by atoms with Crippen molar-refractivity contribution in [1.29, 1.82) is 0 Å². The van der Waals surface area contributed by atoms with Crippen molar-refractivity contribution in [3.8, 4) is 5.75 Å². The molecule has 0 bridgehead atoms. The number of carbonyl (C=O) groups is 1. The molecule has 0 radical (unpaired) electrons. The monoisotopic (exact) mass is 362 g/mol. The molecule has 2 rings (SSSR count). The topological polar surface area (TPSA) is 84.5 Å². The van der Waals surface area contributed by atoms with Crippen molar-refractivity contribution in [2.75, 3.05) is 11.0 Å². The Morgan fingerprint density at radius 2 is 1.80 bits per heavy atom. The second-order valence-electron chi connectivity index (χ2n) is 5.95. The number of rotatable bonds is 7. The fraction of sp³-hybridized carbons (Fsp3) is 0.278. The van der Waals surface area contributed by atoms with E-state index >= 15 is 0 Å². The Kier molecular flexibility index (Phi) is 6.03. The lowest BCUT2D eigenvalue weighted by Gasteiger charge is -2.11. The molecule has 0 spiro atoms. The Morgan fingerprint density at radius 1 is 1.12 bits per heavy atom. The predicted octanol–water partition coefficient (Wildman–Crippen LogP) is 2.78. The molecule has 0 saturated heterocycles. The number of carbonyl (C=O) groups excluding carboxylic acids is 1. The second-order valence-corrected chi connectivity index (χ2v) is 7.70. The van der Waals surface area contributed by atoms with Gasteiger partial charge in [-0.15, -0.1) is 0 Å². The van der Waals surface area contributed by atoms with Gasteiger partial charge in [-0.05, 0) is 49.7 Å². The Labute approximate surface area is 148 Å². The summed E-state index contributed by atoms with van der Waals surface area (Å²) in [5.41, 5.74) is 1.67. The van der Waals surface area contributed by atoms with Crippen LogP contribution in [0.4, 0.5) is 5.69 Å². The molecule has 25 heavy (non-hydrogen) atoms. The number of amides is 1. The third-order valence-corrected chi connectivity index (χ3v) is 3.78. The average Bonchev–Trinajstić information content (AvgIpc) is 2.52. The first kappa shape index (κ1) is 18.8. The fourth-order valence-electron chi connectivity index (χ4n) is 2.18. The van der Waals surface area contributed by atoms with Crippen molar-refractivity contribution in [1.82, 2.24) is 5.32 Å². The number of hydrogen-bond donors (Lipinski definition) is 2. The van der Waals surface area contributed by atoms with Crippen molar-refractivity contribution in [3.05, 3.63) is 59.7 Å². The first-order chi connectivity index (χ1) is 11.7. The quantitative estimate of drug-likeness (QED) is 0.793. The molecule has 134 valence electrons. The summed E-state index contributed by atoms with van der Waals surface area (Å²) in [5, 5.41) is 2.81. The summed E-state index contributed by atoms with van der Waals surface area (Å²) < 4.78 is 30.5. The highest BCUT2D eigenvalue weighted by atomic mass is 32.2. The van der Waals surface area contributed by atoms with Crippen LogP contribution >= 0.6 is 0 Å². The SMILES string of the molecule is CC(C)Oc1ccc(CNC(=O)c2cccc(NS(C)(=O)=O)c2)cc1. The van der Waals surface area contributed by atoms with Gasteiger partial charge in [0.15, 0.2) is 0 Å². The molecule has 6 nitrogen and oxygen atoms in total. The van der Waals surface area contributed by atoms with E-state index in [2.05, 4.69) is 10.0 Å². The van der Waals surface area contributed by atoms with Crippen LogP contribution in [0, 0.1) is 0 Å². The van der Waals surface area contributed by atoms with E-state index in [1.807, 2.05) is 38.1 Å². The zero-order chi connectivity index (χ0) is 18.4. The molecule has 0 unspecified atom stereocenters. The van der Waals surface area contributed by atoms with E-state index in [0.29, 0.717) is 17.8 Å². The maximum Gasteiger partial charge on any atom is 0.251 e. The first-order valence-corrected chi connectivity index (χ1v) is 9.74. The molecule has 0 aromatic heterocycles. The van der Waals surface area contributed by atoms with Crippen LogP contribution in [0.15, 0.2) is 48.5 Å². The standard InChI is InChI=1S/C18H22N2O4S/c1-13(2)24-17-9-7-14(8-10-17)12-19-18(21)15-5-4-6-16(11-15)20-25(3,22)23/h4-11,13,20H,12H2,1-3H3,(H,19,21). The molecule has 0 aliphatic rings. The largest absolute Gasteiger partial charge is 0.491 e. The summed E-state index contributed by atoms with van der Waals surface area (Å²) in [4.78, 5) is 12.2. The van der Waals surface area contributed by atoms with Crippen LogP contribution in [0.25, 0.3) is 0 Å². The Balaban J connectivity index is 1.97. The molecule has 2 N–H and O–H groups in total. The third kappa shape index (κ3) is 6.46. The number of hydrogen-bond acceptors (Lipinski definition) is 4. The maximum absolute atomic E-state index is 12.2. The van der Waals surface area contributed by atoms with Crippen molar-refractivity contribution in [2.45, 2.75) is 26.5 Å². The molecule has 0 atom stereocenters. The minimum Gasteiger partial charge on any atom is -0.491 e. The molecule has 0 heterocycles. The van der Waals surface area contributed by atoms with Gasteiger partial charge in [-0.3, -0.25) is 9.52 Å². The van der Waals surface area contributed by atoms with Gasteiger partial charge in [-0.2, -0.15) is 0 Å².